The summed E-state index contributed by atoms with van der Waals surface area (Å²) in [6, 6.07) is 0. The van der Waals surface area contributed by atoms with Crippen LogP contribution < -0.4 is 0 Å². The third-order valence-electron chi connectivity index (χ3n) is 2.69. The monoisotopic (exact) mass is 246 g/mol. The summed E-state index contributed by atoms with van der Waals surface area (Å²) in [5.74, 6) is 0.358. The van der Waals surface area contributed by atoms with Gasteiger partial charge >= 0.3 is 0 Å². The van der Waals surface area contributed by atoms with E-state index in [1.807, 2.05) is 0 Å². The molecule has 5 atom stereocenters. The van der Waals surface area contributed by atoms with E-state index in [0.29, 0.717) is 0 Å². The van der Waals surface area contributed by atoms with Gasteiger partial charge in [0.05, 0.1) is 6.61 Å². The van der Waals surface area contributed by atoms with Gasteiger partial charge in [-0.2, -0.15) is 4.98 Å². The average Bonchev–Trinajstić information content (AvgIpc) is 2.73. The van der Waals surface area contributed by atoms with Gasteiger partial charge in [-0.05, 0) is 0 Å². The van der Waals surface area contributed by atoms with E-state index in [0.717, 1.165) is 0 Å². The quantitative estimate of drug-likeness (QED) is 0.466. The normalized spacial score (nSPS) is 38.3. The molecule has 17 heavy (non-hydrogen) atoms. The third kappa shape index (κ3) is 2.17. The Morgan fingerprint density at radius 1 is 1.18 bits per heavy atom. The predicted molar refractivity (Wildman–Crippen MR) is 51.8 cm³/mol. The maximum atomic E-state index is 9.75. The fourth-order valence-electron chi connectivity index (χ4n) is 1.75. The molecule has 1 saturated heterocycles. The number of aliphatic hydroxyl groups is 4. The molecule has 0 aliphatic carbocycles. The first-order valence-electron chi connectivity index (χ1n) is 5.15. The van der Waals surface area contributed by atoms with Crippen LogP contribution in [0.15, 0.2) is 4.52 Å². The molecule has 0 aromatic carbocycles. The van der Waals surface area contributed by atoms with Crippen LogP contribution in [-0.2, 0) is 4.74 Å². The molecule has 4 N–H and O–H groups in total. The molecule has 1 aromatic rings. The van der Waals surface area contributed by atoms with Gasteiger partial charge in [-0.25, -0.2) is 0 Å². The first-order valence-corrected chi connectivity index (χ1v) is 5.15. The third-order valence-corrected chi connectivity index (χ3v) is 2.69. The van der Waals surface area contributed by atoms with Crippen LogP contribution in [0.1, 0.15) is 17.8 Å². The summed E-state index contributed by atoms with van der Waals surface area (Å²) >= 11 is 0. The molecule has 0 amide bonds. The highest BCUT2D eigenvalue weighted by Crippen LogP contribution is 2.30. The van der Waals surface area contributed by atoms with Gasteiger partial charge in [0.15, 0.2) is 0 Å². The summed E-state index contributed by atoms with van der Waals surface area (Å²) < 4.78 is 9.97. The fourth-order valence-corrected chi connectivity index (χ4v) is 1.75. The summed E-state index contributed by atoms with van der Waals surface area (Å²) in [6.07, 6.45) is -6.23. The van der Waals surface area contributed by atoms with Gasteiger partial charge < -0.3 is 29.7 Å². The second kappa shape index (κ2) is 4.67. The minimum atomic E-state index is -1.44. The second-order valence-electron chi connectivity index (χ2n) is 3.92. The van der Waals surface area contributed by atoms with E-state index in [4.69, 9.17) is 14.4 Å². The van der Waals surface area contributed by atoms with Crippen LogP contribution in [0.5, 0.6) is 0 Å². The van der Waals surface area contributed by atoms with Gasteiger partial charge in [-0.15, -0.1) is 0 Å². The van der Waals surface area contributed by atoms with Crippen molar-refractivity contribution in [3.05, 3.63) is 11.7 Å². The van der Waals surface area contributed by atoms with Crippen LogP contribution in [0.4, 0.5) is 0 Å². The van der Waals surface area contributed by atoms with E-state index in [-0.39, 0.29) is 11.7 Å². The Morgan fingerprint density at radius 3 is 2.41 bits per heavy atom. The van der Waals surface area contributed by atoms with Crippen molar-refractivity contribution in [2.24, 2.45) is 0 Å². The molecular formula is C9H14N2O6. The second-order valence-corrected chi connectivity index (χ2v) is 3.92. The minimum Gasteiger partial charge on any atom is -0.394 e. The molecule has 1 aliphatic heterocycles. The molecule has 2 rings (SSSR count). The highest BCUT2D eigenvalue weighted by Gasteiger charge is 2.45. The lowest BCUT2D eigenvalue weighted by Crippen LogP contribution is -2.55. The molecule has 0 radical (unpaired) electrons. The largest absolute Gasteiger partial charge is 0.394 e. The number of aliphatic hydroxyl groups excluding tert-OH is 4. The van der Waals surface area contributed by atoms with Crippen molar-refractivity contribution in [1.82, 2.24) is 10.1 Å². The van der Waals surface area contributed by atoms with E-state index >= 15 is 0 Å². The van der Waals surface area contributed by atoms with Crippen LogP contribution in [0.3, 0.4) is 0 Å². The Hall–Kier alpha value is -1.06. The predicted octanol–water partition coefficient (Wildman–Crippen LogP) is -2.11. The summed E-state index contributed by atoms with van der Waals surface area (Å²) in [7, 11) is 0. The molecule has 1 aliphatic rings. The molecule has 1 aromatic heterocycles. The molecule has 1 fully saturated rings. The zero-order valence-electron chi connectivity index (χ0n) is 9.09. The van der Waals surface area contributed by atoms with E-state index in [9.17, 15) is 15.3 Å². The molecule has 8 heteroatoms. The van der Waals surface area contributed by atoms with Crippen LogP contribution in [0.2, 0.25) is 0 Å². The standard InChI is InChI=1S/C9H14N2O6/c1-3-10-9(11-17-3)8-7(15)6(14)5(13)4(2-12)16-8/h4-8,12-15H,2H2,1H3/t4-,5-,6+,7-,8-/m1/s1. The van der Waals surface area contributed by atoms with E-state index in [1.165, 1.54) is 0 Å². The molecule has 8 nitrogen and oxygen atoms in total. The zero-order valence-corrected chi connectivity index (χ0v) is 9.09. The van der Waals surface area contributed by atoms with Gasteiger partial charge in [0, 0.05) is 6.92 Å². The summed E-state index contributed by atoms with van der Waals surface area (Å²) in [5.41, 5.74) is 0. The Bertz CT molecular complexity index is 381. The maximum Gasteiger partial charge on any atom is 0.223 e. The molecule has 0 saturated carbocycles. The Labute approximate surface area is 96.5 Å². The number of rotatable bonds is 2. The molecule has 96 valence electrons. The number of hydrogen-bond donors (Lipinski definition) is 4. The van der Waals surface area contributed by atoms with E-state index in [2.05, 4.69) is 10.1 Å². The summed E-state index contributed by atoms with van der Waals surface area (Å²) in [6.45, 7) is 1.08. The minimum absolute atomic E-state index is 0.0689. The van der Waals surface area contributed by atoms with Gasteiger partial charge in [0.25, 0.3) is 0 Å². The van der Waals surface area contributed by atoms with Crippen molar-refractivity contribution >= 4 is 0 Å². The van der Waals surface area contributed by atoms with Gasteiger partial charge in [-0.3, -0.25) is 0 Å². The van der Waals surface area contributed by atoms with Crippen molar-refractivity contribution in [2.45, 2.75) is 37.4 Å². The lowest BCUT2D eigenvalue weighted by Gasteiger charge is -2.38. The van der Waals surface area contributed by atoms with Crippen molar-refractivity contribution in [3.63, 3.8) is 0 Å². The van der Waals surface area contributed by atoms with Gasteiger partial charge in [0.2, 0.25) is 11.7 Å². The first-order chi connectivity index (χ1) is 8.04. The van der Waals surface area contributed by atoms with Crippen LogP contribution >= 0.6 is 0 Å². The number of ether oxygens (including phenoxy) is 1. The molecule has 2 heterocycles. The van der Waals surface area contributed by atoms with Crippen LogP contribution in [0.25, 0.3) is 0 Å². The van der Waals surface area contributed by atoms with E-state index < -0.39 is 37.1 Å². The summed E-state index contributed by atoms with van der Waals surface area (Å²) in [5, 5.41) is 41.4. The lowest BCUT2D eigenvalue weighted by atomic mass is 9.95. The highest BCUT2D eigenvalue weighted by molar-refractivity contribution is 5.01. The SMILES string of the molecule is Cc1nc([C@@H]2O[C@H](CO)[C@@H](O)[C@H](O)[C@H]2O)no1. The fraction of sp³-hybridized carbons (Fsp3) is 0.778. The average molecular weight is 246 g/mol. The number of aromatic nitrogens is 2. The van der Waals surface area contributed by atoms with Crippen LogP contribution in [0, 0.1) is 6.92 Å². The topological polar surface area (TPSA) is 129 Å². The van der Waals surface area contributed by atoms with Crippen molar-refractivity contribution < 1.29 is 29.7 Å². The number of nitrogens with zero attached hydrogens (tertiary/aromatic N) is 2. The van der Waals surface area contributed by atoms with Crippen molar-refractivity contribution in [3.8, 4) is 0 Å². The van der Waals surface area contributed by atoms with Crippen LogP contribution in [-0.4, -0.2) is 61.6 Å². The molecule has 0 spiro atoms. The zero-order chi connectivity index (χ0) is 12.6. The number of aryl methyl sites for hydroxylation is 1. The van der Waals surface area contributed by atoms with Gasteiger partial charge in [-0.1, -0.05) is 5.16 Å². The highest BCUT2D eigenvalue weighted by atomic mass is 16.5. The molecular weight excluding hydrogens is 232 g/mol. The Morgan fingerprint density at radius 2 is 1.88 bits per heavy atom. The lowest BCUT2D eigenvalue weighted by molar-refractivity contribution is -0.233. The number of hydrogen-bond acceptors (Lipinski definition) is 8. The van der Waals surface area contributed by atoms with Gasteiger partial charge in [0.1, 0.15) is 30.5 Å². The Kier molecular flexibility index (Phi) is 3.40. The molecule has 0 bridgehead atoms. The smallest absolute Gasteiger partial charge is 0.223 e. The van der Waals surface area contributed by atoms with Crippen molar-refractivity contribution in [2.75, 3.05) is 6.61 Å². The molecule has 0 unspecified atom stereocenters. The Balaban J connectivity index is 2.22. The first kappa shape index (κ1) is 12.4. The van der Waals surface area contributed by atoms with E-state index in [1.54, 1.807) is 6.92 Å². The maximum absolute atomic E-state index is 9.75. The summed E-state index contributed by atoms with van der Waals surface area (Å²) in [4.78, 5) is 3.88. The van der Waals surface area contributed by atoms with Crippen molar-refractivity contribution in [1.29, 1.82) is 0 Å².